The highest BCUT2D eigenvalue weighted by atomic mass is 16.3. The van der Waals surface area contributed by atoms with Gasteiger partial charge in [0.2, 0.25) is 0 Å². The summed E-state index contributed by atoms with van der Waals surface area (Å²) in [5.41, 5.74) is 0.217. The standard InChI is InChI=1S/C14H15NO3/c1-9(8-16)15-14(18)12-7-6-10-4-2-3-5-11(10)13(12)17/h2-7,9,16-17H,8H2,1H3,(H,15,18)/t9-/m1/s1. The van der Waals surface area contributed by atoms with E-state index in [2.05, 4.69) is 5.32 Å². The molecule has 0 spiro atoms. The molecule has 3 N–H and O–H groups in total. The fourth-order valence-electron chi connectivity index (χ4n) is 1.79. The molecular weight excluding hydrogens is 230 g/mol. The summed E-state index contributed by atoms with van der Waals surface area (Å²) in [4.78, 5) is 11.9. The van der Waals surface area contributed by atoms with E-state index in [1.807, 2.05) is 12.1 Å². The number of carbonyl (C=O) groups is 1. The van der Waals surface area contributed by atoms with Crippen LogP contribution in [0.1, 0.15) is 17.3 Å². The zero-order chi connectivity index (χ0) is 13.1. The second-order valence-electron chi connectivity index (χ2n) is 4.24. The Morgan fingerprint density at radius 3 is 2.72 bits per heavy atom. The van der Waals surface area contributed by atoms with Crippen LogP contribution in [-0.2, 0) is 0 Å². The fourth-order valence-corrected chi connectivity index (χ4v) is 1.79. The van der Waals surface area contributed by atoms with Crippen LogP contribution in [0.25, 0.3) is 10.8 Å². The van der Waals surface area contributed by atoms with Gasteiger partial charge in [-0.15, -0.1) is 0 Å². The van der Waals surface area contributed by atoms with Crippen LogP contribution in [0.15, 0.2) is 36.4 Å². The van der Waals surface area contributed by atoms with Crippen molar-refractivity contribution in [1.82, 2.24) is 5.32 Å². The van der Waals surface area contributed by atoms with Crippen LogP contribution in [0.3, 0.4) is 0 Å². The van der Waals surface area contributed by atoms with Crippen LogP contribution < -0.4 is 5.32 Å². The number of aromatic hydroxyl groups is 1. The molecule has 0 fully saturated rings. The number of rotatable bonds is 3. The number of aliphatic hydroxyl groups excluding tert-OH is 1. The maximum absolute atomic E-state index is 11.9. The third-order valence-electron chi connectivity index (χ3n) is 2.80. The molecule has 1 atom stereocenters. The van der Waals surface area contributed by atoms with Crippen LogP contribution in [-0.4, -0.2) is 28.8 Å². The smallest absolute Gasteiger partial charge is 0.255 e. The summed E-state index contributed by atoms with van der Waals surface area (Å²) >= 11 is 0. The van der Waals surface area contributed by atoms with Crippen molar-refractivity contribution >= 4 is 16.7 Å². The largest absolute Gasteiger partial charge is 0.506 e. The summed E-state index contributed by atoms with van der Waals surface area (Å²) in [5, 5.41) is 23.1. The van der Waals surface area contributed by atoms with Gasteiger partial charge in [-0.3, -0.25) is 4.79 Å². The van der Waals surface area contributed by atoms with Crippen molar-refractivity contribution in [2.24, 2.45) is 0 Å². The third kappa shape index (κ3) is 2.28. The van der Waals surface area contributed by atoms with Gasteiger partial charge in [0.05, 0.1) is 12.2 Å². The highest BCUT2D eigenvalue weighted by Crippen LogP contribution is 2.28. The first-order chi connectivity index (χ1) is 8.63. The van der Waals surface area contributed by atoms with E-state index < -0.39 is 0 Å². The number of aliphatic hydroxyl groups is 1. The van der Waals surface area contributed by atoms with Gasteiger partial charge in [0.15, 0.2) is 0 Å². The molecule has 18 heavy (non-hydrogen) atoms. The topological polar surface area (TPSA) is 69.6 Å². The highest BCUT2D eigenvalue weighted by Gasteiger charge is 2.15. The predicted molar refractivity (Wildman–Crippen MR) is 69.6 cm³/mol. The minimum Gasteiger partial charge on any atom is -0.506 e. The molecule has 0 aliphatic heterocycles. The average molecular weight is 245 g/mol. The number of phenolic OH excluding ortho intramolecular Hbond substituents is 1. The summed E-state index contributed by atoms with van der Waals surface area (Å²) < 4.78 is 0. The minimum absolute atomic E-state index is 0.0317. The molecule has 0 radical (unpaired) electrons. The lowest BCUT2D eigenvalue weighted by Gasteiger charge is -2.12. The van der Waals surface area contributed by atoms with Crippen LogP contribution in [0.4, 0.5) is 0 Å². The lowest BCUT2D eigenvalue weighted by atomic mass is 10.0. The molecule has 4 nitrogen and oxygen atoms in total. The third-order valence-corrected chi connectivity index (χ3v) is 2.80. The molecule has 0 unspecified atom stereocenters. The Hall–Kier alpha value is -2.07. The monoisotopic (exact) mass is 245 g/mol. The number of fused-ring (bicyclic) bond motifs is 1. The van der Waals surface area contributed by atoms with Crippen LogP contribution in [0.5, 0.6) is 5.75 Å². The number of benzene rings is 2. The van der Waals surface area contributed by atoms with Gasteiger partial charge in [-0.25, -0.2) is 0 Å². The molecule has 2 aromatic carbocycles. The molecule has 0 heterocycles. The molecule has 0 aliphatic carbocycles. The second kappa shape index (κ2) is 5.06. The van der Waals surface area contributed by atoms with Gasteiger partial charge in [-0.05, 0) is 18.4 Å². The zero-order valence-corrected chi connectivity index (χ0v) is 10.1. The molecule has 1 amide bonds. The molecule has 0 saturated carbocycles. The quantitative estimate of drug-likeness (QED) is 0.770. The first kappa shape index (κ1) is 12.4. The molecule has 0 bridgehead atoms. The van der Waals surface area contributed by atoms with Gasteiger partial charge >= 0.3 is 0 Å². The Morgan fingerprint density at radius 2 is 2.00 bits per heavy atom. The molecule has 0 saturated heterocycles. The number of hydrogen-bond donors (Lipinski definition) is 3. The van der Waals surface area contributed by atoms with Crippen molar-refractivity contribution in [3.8, 4) is 5.75 Å². The van der Waals surface area contributed by atoms with Crippen molar-refractivity contribution in [3.63, 3.8) is 0 Å². The Bertz CT molecular complexity index is 580. The zero-order valence-electron chi connectivity index (χ0n) is 10.1. The first-order valence-corrected chi connectivity index (χ1v) is 5.76. The predicted octanol–water partition coefficient (Wildman–Crippen LogP) is 1.66. The number of amides is 1. The minimum atomic E-state index is -0.389. The normalized spacial score (nSPS) is 12.3. The van der Waals surface area contributed by atoms with E-state index in [1.165, 1.54) is 0 Å². The summed E-state index contributed by atoms with van der Waals surface area (Å²) in [7, 11) is 0. The number of hydrogen-bond acceptors (Lipinski definition) is 3. The van der Waals surface area contributed by atoms with Gasteiger partial charge in [0.25, 0.3) is 5.91 Å². The van der Waals surface area contributed by atoms with E-state index in [-0.39, 0.29) is 29.9 Å². The van der Waals surface area contributed by atoms with Crippen LogP contribution in [0.2, 0.25) is 0 Å². The Kier molecular flexibility index (Phi) is 3.48. The van der Waals surface area contributed by atoms with E-state index in [0.717, 1.165) is 5.39 Å². The fraction of sp³-hybridized carbons (Fsp3) is 0.214. The van der Waals surface area contributed by atoms with Crippen molar-refractivity contribution in [3.05, 3.63) is 42.0 Å². The van der Waals surface area contributed by atoms with Crippen molar-refractivity contribution < 1.29 is 15.0 Å². The molecule has 0 aliphatic rings. The van der Waals surface area contributed by atoms with Crippen LogP contribution >= 0.6 is 0 Å². The SMILES string of the molecule is C[C@H](CO)NC(=O)c1ccc2ccccc2c1O. The van der Waals surface area contributed by atoms with E-state index in [4.69, 9.17) is 5.11 Å². The number of phenols is 1. The van der Waals surface area contributed by atoms with Crippen molar-refractivity contribution in [2.45, 2.75) is 13.0 Å². The molecule has 2 rings (SSSR count). The van der Waals surface area contributed by atoms with E-state index in [9.17, 15) is 9.90 Å². The number of carbonyl (C=O) groups excluding carboxylic acids is 1. The van der Waals surface area contributed by atoms with Gasteiger partial charge in [0, 0.05) is 11.4 Å². The molecule has 0 aromatic heterocycles. The molecule has 94 valence electrons. The van der Waals surface area contributed by atoms with Crippen molar-refractivity contribution in [1.29, 1.82) is 0 Å². The van der Waals surface area contributed by atoms with E-state index >= 15 is 0 Å². The Labute approximate surface area is 105 Å². The lowest BCUT2D eigenvalue weighted by molar-refractivity contribution is 0.0920. The first-order valence-electron chi connectivity index (χ1n) is 5.76. The van der Waals surface area contributed by atoms with Gasteiger partial charge < -0.3 is 15.5 Å². The van der Waals surface area contributed by atoms with Crippen molar-refractivity contribution in [2.75, 3.05) is 6.61 Å². The maximum Gasteiger partial charge on any atom is 0.255 e. The van der Waals surface area contributed by atoms with E-state index in [1.54, 1.807) is 31.2 Å². The van der Waals surface area contributed by atoms with Crippen LogP contribution in [0, 0.1) is 0 Å². The summed E-state index contributed by atoms with van der Waals surface area (Å²) in [6.07, 6.45) is 0. The van der Waals surface area contributed by atoms with E-state index in [0.29, 0.717) is 5.39 Å². The summed E-state index contributed by atoms with van der Waals surface area (Å²) in [6, 6.07) is 10.3. The van der Waals surface area contributed by atoms with Gasteiger partial charge in [-0.1, -0.05) is 30.3 Å². The summed E-state index contributed by atoms with van der Waals surface area (Å²) in [6.45, 7) is 1.55. The molecular formula is C14H15NO3. The lowest BCUT2D eigenvalue weighted by Crippen LogP contribution is -2.35. The highest BCUT2D eigenvalue weighted by molar-refractivity contribution is 6.03. The second-order valence-corrected chi connectivity index (χ2v) is 4.24. The van der Waals surface area contributed by atoms with Gasteiger partial charge in [-0.2, -0.15) is 0 Å². The Morgan fingerprint density at radius 1 is 1.28 bits per heavy atom. The summed E-state index contributed by atoms with van der Waals surface area (Å²) in [5.74, 6) is -0.421. The molecule has 2 aromatic rings. The Balaban J connectivity index is 2.40. The number of nitrogens with one attached hydrogen (secondary N) is 1. The molecule has 4 heteroatoms. The average Bonchev–Trinajstić information content (AvgIpc) is 2.39. The van der Waals surface area contributed by atoms with Gasteiger partial charge in [0.1, 0.15) is 5.75 Å². The maximum atomic E-state index is 11.9.